The van der Waals surface area contributed by atoms with Crippen LogP contribution in [0.25, 0.3) is 0 Å². The summed E-state index contributed by atoms with van der Waals surface area (Å²) in [6.07, 6.45) is 0.916. The maximum atomic E-state index is 12.1. The predicted molar refractivity (Wildman–Crippen MR) is 78.3 cm³/mol. The minimum Gasteiger partial charge on any atom is -0.508 e. The number of anilines is 1. The van der Waals surface area contributed by atoms with Crippen LogP contribution in [0.3, 0.4) is 0 Å². The first-order valence-corrected chi connectivity index (χ1v) is 6.52. The van der Waals surface area contributed by atoms with Crippen LogP contribution in [0, 0.1) is 0 Å². The third kappa shape index (κ3) is 3.75. The van der Waals surface area contributed by atoms with Crippen LogP contribution in [0.5, 0.6) is 11.5 Å². The summed E-state index contributed by atoms with van der Waals surface area (Å²) in [5.41, 5.74) is 1.07. The number of hydrogen-bond acceptors (Lipinski definition) is 3. The molecule has 0 heterocycles. The van der Waals surface area contributed by atoms with E-state index in [1.807, 2.05) is 13.0 Å². The number of carbonyl (C=O) groups excluding carboxylic acids is 1. The Morgan fingerprint density at radius 2 is 2.00 bits per heavy atom. The topological polar surface area (TPSA) is 58.6 Å². The first-order valence-electron chi connectivity index (χ1n) is 6.52. The van der Waals surface area contributed by atoms with Crippen LogP contribution in [0.15, 0.2) is 48.5 Å². The summed E-state index contributed by atoms with van der Waals surface area (Å²) in [7, 11) is 0. The number of benzene rings is 2. The lowest BCUT2D eigenvalue weighted by Crippen LogP contribution is -2.11. The normalized spacial score (nSPS) is 10.1. The van der Waals surface area contributed by atoms with E-state index in [9.17, 15) is 9.90 Å². The molecule has 0 fully saturated rings. The lowest BCUT2D eigenvalue weighted by molar-refractivity contribution is 0.102. The molecule has 0 aromatic heterocycles. The zero-order valence-electron chi connectivity index (χ0n) is 11.3. The van der Waals surface area contributed by atoms with Crippen LogP contribution in [0.2, 0.25) is 0 Å². The van der Waals surface area contributed by atoms with Gasteiger partial charge in [-0.1, -0.05) is 19.1 Å². The van der Waals surface area contributed by atoms with E-state index < -0.39 is 0 Å². The molecule has 0 spiro atoms. The van der Waals surface area contributed by atoms with Gasteiger partial charge < -0.3 is 15.2 Å². The van der Waals surface area contributed by atoms with Crippen LogP contribution >= 0.6 is 0 Å². The SMILES string of the molecule is CCCOc1cccc(C(=O)Nc2cccc(O)c2)c1. The molecule has 2 N–H and O–H groups in total. The first kappa shape index (κ1) is 13.9. The largest absolute Gasteiger partial charge is 0.508 e. The zero-order chi connectivity index (χ0) is 14.4. The second-order valence-electron chi connectivity index (χ2n) is 4.38. The van der Waals surface area contributed by atoms with Crippen molar-refractivity contribution in [2.45, 2.75) is 13.3 Å². The molecule has 0 saturated heterocycles. The van der Waals surface area contributed by atoms with Gasteiger partial charge in [-0.3, -0.25) is 4.79 Å². The molecule has 0 aliphatic rings. The standard InChI is InChI=1S/C16H17NO3/c1-2-9-20-15-8-3-5-12(10-15)16(19)17-13-6-4-7-14(18)11-13/h3-8,10-11,18H,2,9H2,1H3,(H,17,19). The van der Waals surface area contributed by atoms with Crippen molar-refractivity contribution in [1.29, 1.82) is 0 Å². The van der Waals surface area contributed by atoms with Gasteiger partial charge in [0.2, 0.25) is 0 Å². The highest BCUT2D eigenvalue weighted by Gasteiger charge is 2.07. The summed E-state index contributed by atoms with van der Waals surface area (Å²) in [5.74, 6) is 0.552. The summed E-state index contributed by atoms with van der Waals surface area (Å²) in [6, 6.07) is 13.5. The first-order chi connectivity index (χ1) is 9.69. The maximum absolute atomic E-state index is 12.1. The number of amides is 1. The van der Waals surface area contributed by atoms with Crippen LogP contribution in [-0.2, 0) is 0 Å². The molecule has 20 heavy (non-hydrogen) atoms. The fraction of sp³-hybridized carbons (Fsp3) is 0.188. The van der Waals surface area contributed by atoms with Crippen LogP contribution in [-0.4, -0.2) is 17.6 Å². The lowest BCUT2D eigenvalue weighted by Gasteiger charge is -2.08. The monoisotopic (exact) mass is 271 g/mol. The van der Waals surface area contributed by atoms with Gasteiger partial charge in [-0.15, -0.1) is 0 Å². The third-order valence-corrected chi connectivity index (χ3v) is 2.67. The van der Waals surface area contributed by atoms with Gasteiger partial charge in [0.15, 0.2) is 0 Å². The third-order valence-electron chi connectivity index (χ3n) is 2.67. The quantitative estimate of drug-likeness (QED) is 0.875. The molecule has 2 aromatic rings. The van der Waals surface area contributed by atoms with E-state index in [1.54, 1.807) is 36.4 Å². The van der Waals surface area contributed by atoms with Crippen LogP contribution in [0.4, 0.5) is 5.69 Å². The number of carbonyl (C=O) groups is 1. The van der Waals surface area contributed by atoms with E-state index in [1.165, 1.54) is 6.07 Å². The smallest absolute Gasteiger partial charge is 0.255 e. The molecule has 4 nitrogen and oxygen atoms in total. The molecular formula is C16H17NO3. The summed E-state index contributed by atoms with van der Waals surface area (Å²) in [4.78, 5) is 12.1. The van der Waals surface area contributed by atoms with Crippen molar-refractivity contribution in [3.63, 3.8) is 0 Å². The van der Waals surface area contributed by atoms with Crippen molar-refractivity contribution < 1.29 is 14.6 Å². The van der Waals surface area contributed by atoms with E-state index in [4.69, 9.17) is 4.74 Å². The second kappa shape index (κ2) is 6.61. The Labute approximate surface area is 118 Å². The summed E-state index contributed by atoms with van der Waals surface area (Å²) in [5, 5.41) is 12.1. The summed E-state index contributed by atoms with van der Waals surface area (Å²) < 4.78 is 5.50. The number of phenols is 1. The fourth-order valence-corrected chi connectivity index (χ4v) is 1.73. The number of ether oxygens (including phenoxy) is 1. The van der Waals surface area contributed by atoms with E-state index >= 15 is 0 Å². The number of rotatable bonds is 5. The molecule has 0 bridgehead atoms. The number of hydrogen-bond donors (Lipinski definition) is 2. The second-order valence-corrected chi connectivity index (χ2v) is 4.38. The molecule has 1 amide bonds. The van der Waals surface area contributed by atoms with E-state index in [2.05, 4.69) is 5.32 Å². The average Bonchev–Trinajstić information content (AvgIpc) is 2.45. The van der Waals surface area contributed by atoms with E-state index in [0.717, 1.165) is 6.42 Å². The molecule has 2 aromatic carbocycles. The zero-order valence-corrected chi connectivity index (χ0v) is 11.3. The maximum Gasteiger partial charge on any atom is 0.255 e. The Morgan fingerprint density at radius 3 is 2.75 bits per heavy atom. The van der Waals surface area contributed by atoms with Crippen molar-refractivity contribution in [1.82, 2.24) is 0 Å². The molecule has 0 unspecified atom stereocenters. The van der Waals surface area contributed by atoms with Gasteiger partial charge in [0.25, 0.3) is 5.91 Å². The minimum absolute atomic E-state index is 0.114. The van der Waals surface area contributed by atoms with Crippen molar-refractivity contribution >= 4 is 11.6 Å². The van der Waals surface area contributed by atoms with Gasteiger partial charge in [-0.05, 0) is 36.8 Å². The minimum atomic E-state index is -0.238. The number of aromatic hydroxyl groups is 1. The van der Waals surface area contributed by atoms with Crippen molar-refractivity contribution in [2.24, 2.45) is 0 Å². The molecule has 0 saturated carbocycles. The summed E-state index contributed by atoms with van der Waals surface area (Å²) in [6.45, 7) is 2.65. The van der Waals surface area contributed by atoms with E-state index in [0.29, 0.717) is 23.6 Å². The lowest BCUT2D eigenvalue weighted by atomic mass is 10.2. The highest BCUT2D eigenvalue weighted by molar-refractivity contribution is 6.04. The number of nitrogens with one attached hydrogen (secondary N) is 1. The van der Waals surface area contributed by atoms with Gasteiger partial charge in [-0.2, -0.15) is 0 Å². The van der Waals surface area contributed by atoms with Crippen LogP contribution in [0.1, 0.15) is 23.7 Å². The Hall–Kier alpha value is -2.49. The highest BCUT2D eigenvalue weighted by atomic mass is 16.5. The predicted octanol–water partition coefficient (Wildman–Crippen LogP) is 3.43. The molecule has 0 aliphatic carbocycles. The molecule has 0 radical (unpaired) electrons. The van der Waals surface area contributed by atoms with Crippen molar-refractivity contribution in [3.8, 4) is 11.5 Å². The molecule has 2 rings (SSSR count). The van der Waals surface area contributed by atoms with Crippen molar-refractivity contribution in [3.05, 3.63) is 54.1 Å². The van der Waals surface area contributed by atoms with Gasteiger partial charge in [-0.25, -0.2) is 0 Å². The van der Waals surface area contributed by atoms with Gasteiger partial charge in [0.1, 0.15) is 11.5 Å². The highest BCUT2D eigenvalue weighted by Crippen LogP contribution is 2.18. The summed E-state index contributed by atoms with van der Waals surface area (Å²) >= 11 is 0. The molecular weight excluding hydrogens is 254 g/mol. The average molecular weight is 271 g/mol. The fourth-order valence-electron chi connectivity index (χ4n) is 1.73. The van der Waals surface area contributed by atoms with Gasteiger partial charge >= 0.3 is 0 Å². The van der Waals surface area contributed by atoms with E-state index in [-0.39, 0.29) is 11.7 Å². The Bertz CT molecular complexity index is 596. The molecule has 4 heteroatoms. The van der Waals surface area contributed by atoms with Crippen LogP contribution < -0.4 is 10.1 Å². The Balaban J connectivity index is 2.09. The van der Waals surface area contributed by atoms with Gasteiger partial charge in [0.05, 0.1) is 6.61 Å². The molecule has 104 valence electrons. The van der Waals surface area contributed by atoms with Crippen molar-refractivity contribution in [2.75, 3.05) is 11.9 Å². The molecule has 0 aliphatic heterocycles. The van der Waals surface area contributed by atoms with Gasteiger partial charge in [0, 0.05) is 17.3 Å². The Morgan fingerprint density at radius 1 is 1.20 bits per heavy atom. The Kier molecular flexibility index (Phi) is 4.60. The number of phenolic OH excluding ortho intramolecular Hbond substituents is 1. The molecule has 0 atom stereocenters.